The third kappa shape index (κ3) is 6.46. The molecule has 0 aromatic heterocycles. The monoisotopic (exact) mass is 478 g/mol. The molecule has 0 heterocycles. The molecular formula is C26H23ClN2O5. The molecule has 0 spiro atoms. The Morgan fingerprint density at radius 2 is 1.62 bits per heavy atom. The molecule has 3 aromatic rings. The summed E-state index contributed by atoms with van der Waals surface area (Å²) < 4.78 is 10.1. The molecule has 8 heteroatoms. The number of carbonyl (C=O) groups excluding carboxylic acids is 3. The number of benzene rings is 3. The van der Waals surface area contributed by atoms with Gasteiger partial charge < -0.3 is 20.1 Å². The molecular weight excluding hydrogens is 456 g/mol. The first-order valence-corrected chi connectivity index (χ1v) is 10.8. The van der Waals surface area contributed by atoms with E-state index in [-0.39, 0.29) is 22.9 Å². The Kier molecular flexibility index (Phi) is 8.43. The quantitative estimate of drug-likeness (QED) is 0.353. The number of anilines is 1. The first kappa shape index (κ1) is 24.5. The molecule has 2 amide bonds. The van der Waals surface area contributed by atoms with Gasteiger partial charge in [0.15, 0.2) is 0 Å². The van der Waals surface area contributed by atoms with Gasteiger partial charge >= 0.3 is 5.97 Å². The number of amides is 2. The van der Waals surface area contributed by atoms with E-state index in [0.717, 1.165) is 0 Å². The summed E-state index contributed by atoms with van der Waals surface area (Å²) in [6.07, 6.45) is 1.54. The third-order valence-electron chi connectivity index (χ3n) is 4.69. The van der Waals surface area contributed by atoms with Gasteiger partial charge in [-0.3, -0.25) is 9.59 Å². The van der Waals surface area contributed by atoms with Crippen LogP contribution in [0.2, 0.25) is 5.02 Å². The fourth-order valence-electron chi connectivity index (χ4n) is 2.96. The number of nitrogens with one attached hydrogen (secondary N) is 2. The Bertz CT molecular complexity index is 1200. The highest BCUT2D eigenvalue weighted by Gasteiger charge is 2.17. The molecule has 0 aliphatic heterocycles. The average Bonchev–Trinajstić information content (AvgIpc) is 2.85. The lowest BCUT2D eigenvalue weighted by Gasteiger charge is -2.12. The van der Waals surface area contributed by atoms with E-state index in [2.05, 4.69) is 10.6 Å². The van der Waals surface area contributed by atoms with Gasteiger partial charge in [-0.1, -0.05) is 35.9 Å². The molecule has 3 aromatic carbocycles. The zero-order valence-corrected chi connectivity index (χ0v) is 19.4. The van der Waals surface area contributed by atoms with E-state index < -0.39 is 17.8 Å². The molecule has 2 N–H and O–H groups in total. The van der Waals surface area contributed by atoms with Crippen LogP contribution < -0.4 is 15.4 Å². The molecule has 0 saturated carbocycles. The minimum atomic E-state index is -0.555. The number of ether oxygens (including phenoxy) is 2. The van der Waals surface area contributed by atoms with Crippen molar-refractivity contribution in [2.24, 2.45) is 0 Å². The fourth-order valence-corrected chi connectivity index (χ4v) is 3.18. The number of hydrogen-bond acceptors (Lipinski definition) is 5. The number of methoxy groups -OCH3 is 1. The Hall–Kier alpha value is -4.10. The first-order valence-electron chi connectivity index (χ1n) is 10.4. The molecule has 0 radical (unpaired) electrons. The lowest BCUT2D eigenvalue weighted by atomic mass is 10.1. The van der Waals surface area contributed by atoms with Crippen LogP contribution in [0.15, 0.2) is 78.5 Å². The van der Waals surface area contributed by atoms with Crippen molar-refractivity contribution in [3.05, 3.63) is 100 Å². The van der Waals surface area contributed by atoms with E-state index in [1.807, 2.05) is 0 Å². The molecule has 0 aliphatic rings. The van der Waals surface area contributed by atoms with Crippen molar-refractivity contribution in [1.29, 1.82) is 0 Å². The number of esters is 1. The van der Waals surface area contributed by atoms with Crippen molar-refractivity contribution >= 4 is 41.1 Å². The summed E-state index contributed by atoms with van der Waals surface area (Å²) in [5.74, 6) is -0.879. The summed E-state index contributed by atoms with van der Waals surface area (Å²) >= 11 is 6.14. The molecule has 0 fully saturated rings. The molecule has 0 aliphatic carbocycles. The standard InChI is InChI=1S/C26H23ClN2O5/c1-3-34-26(32)18-10-12-19(13-11-18)28-25(31)23(16-17-8-14-20(33-2)15-9-17)29-24(30)21-6-4-5-7-22(21)27/h4-16H,3H2,1-2H3,(H,28,31)(H,29,30). The maximum absolute atomic E-state index is 13.1. The van der Waals surface area contributed by atoms with Crippen molar-refractivity contribution in [1.82, 2.24) is 5.32 Å². The second-order valence-electron chi connectivity index (χ2n) is 7.02. The van der Waals surface area contributed by atoms with E-state index in [0.29, 0.717) is 22.6 Å². The number of hydrogen-bond donors (Lipinski definition) is 2. The summed E-state index contributed by atoms with van der Waals surface area (Å²) in [6, 6.07) is 19.8. The third-order valence-corrected chi connectivity index (χ3v) is 5.02. The van der Waals surface area contributed by atoms with Gasteiger partial charge in [-0.2, -0.15) is 0 Å². The van der Waals surface area contributed by atoms with Crippen LogP contribution in [0.25, 0.3) is 6.08 Å². The number of rotatable bonds is 8. The van der Waals surface area contributed by atoms with Crippen LogP contribution in [0.1, 0.15) is 33.2 Å². The Morgan fingerprint density at radius 1 is 0.941 bits per heavy atom. The van der Waals surface area contributed by atoms with Gasteiger partial charge in [0.1, 0.15) is 11.4 Å². The molecule has 34 heavy (non-hydrogen) atoms. The van der Waals surface area contributed by atoms with Crippen molar-refractivity contribution in [3.63, 3.8) is 0 Å². The van der Waals surface area contributed by atoms with E-state index in [1.54, 1.807) is 86.8 Å². The first-order chi connectivity index (χ1) is 16.4. The maximum atomic E-state index is 13.1. The molecule has 174 valence electrons. The zero-order chi connectivity index (χ0) is 24.5. The van der Waals surface area contributed by atoms with Crippen LogP contribution in [0.4, 0.5) is 5.69 Å². The van der Waals surface area contributed by atoms with Crippen molar-refractivity contribution < 1.29 is 23.9 Å². The van der Waals surface area contributed by atoms with Gasteiger partial charge in [0, 0.05) is 5.69 Å². The van der Waals surface area contributed by atoms with Crippen LogP contribution >= 0.6 is 11.6 Å². The lowest BCUT2D eigenvalue weighted by molar-refractivity contribution is -0.113. The van der Waals surface area contributed by atoms with Crippen molar-refractivity contribution in [3.8, 4) is 5.75 Å². The zero-order valence-electron chi connectivity index (χ0n) is 18.6. The van der Waals surface area contributed by atoms with Gasteiger partial charge in [-0.25, -0.2) is 4.79 Å². The van der Waals surface area contributed by atoms with Crippen LogP contribution in [0.3, 0.4) is 0 Å². The lowest BCUT2D eigenvalue weighted by Crippen LogP contribution is -2.31. The highest BCUT2D eigenvalue weighted by Crippen LogP contribution is 2.18. The smallest absolute Gasteiger partial charge is 0.338 e. The van der Waals surface area contributed by atoms with E-state index >= 15 is 0 Å². The maximum Gasteiger partial charge on any atom is 0.338 e. The SMILES string of the molecule is CCOC(=O)c1ccc(NC(=O)C(=Cc2ccc(OC)cc2)NC(=O)c2ccccc2Cl)cc1. The van der Waals surface area contributed by atoms with Gasteiger partial charge in [0.25, 0.3) is 11.8 Å². The van der Waals surface area contributed by atoms with Crippen LogP contribution in [-0.2, 0) is 9.53 Å². The Labute approximate surface area is 202 Å². The van der Waals surface area contributed by atoms with Crippen molar-refractivity contribution in [2.45, 2.75) is 6.92 Å². The van der Waals surface area contributed by atoms with Gasteiger partial charge in [0.2, 0.25) is 0 Å². The molecule has 0 bridgehead atoms. The van der Waals surface area contributed by atoms with Crippen LogP contribution in [0, 0.1) is 0 Å². The highest BCUT2D eigenvalue weighted by atomic mass is 35.5. The minimum Gasteiger partial charge on any atom is -0.497 e. The van der Waals surface area contributed by atoms with Crippen molar-refractivity contribution in [2.75, 3.05) is 19.0 Å². The fraction of sp³-hybridized carbons (Fsp3) is 0.115. The second-order valence-corrected chi connectivity index (χ2v) is 7.42. The average molecular weight is 479 g/mol. The summed E-state index contributed by atoms with van der Waals surface area (Å²) in [6.45, 7) is 1.99. The topological polar surface area (TPSA) is 93.7 Å². The van der Waals surface area contributed by atoms with E-state index in [4.69, 9.17) is 21.1 Å². The highest BCUT2D eigenvalue weighted by molar-refractivity contribution is 6.34. The summed E-state index contributed by atoms with van der Waals surface area (Å²) in [5, 5.41) is 5.62. The molecule has 0 saturated heterocycles. The summed E-state index contributed by atoms with van der Waals surface area (Å²) in [5.41, 5.74) is 1.70. The van der Waals surface area contributed by atoms with Gasteiger partial charge in [0.05, 0.1) is 29.9 Å². The Morgan fingerprint density at radius 3 is 2.24 bits per heavy atom. The summed E-state index contributed by atoms with van der Waals surface area (Å²) in [4.78, 5) is 37.7. The van der Waals surface area contributed by atoms with Crippen LogP contribution in [-0.4, -0.2) is 31.5 Å². The summed E-state index contributed by atoms with van der Waals surface area (Å²) in [7, 11) is 1.56. The molecule has 7 nitrogen and oxygen atoms in total. The molecule has 3 rings (SSSR count). The molecule has 0 atom stereocenters. The minimum absolute atomic E-state index is 0.00422. The Balaban J connectivity index is 1.85. The predicted octanol–water partition coefficient (Wildman–Crippen LogP) is 4.93. The molecule has 0 unspecified atom stereocenters. The van der Waals surface area contributed by atoms with Gasteiger partial charge in [-0.15, -0.1) is 0 Å². The largest absolute Gasteiger partial charge is 0.497 e. The van der Waals surface area contributed by atoms with Gasteiger partial charge in [-0.05, 0) is 67.1 Å². The normalized spacial score (nSPS) is 10.9. The van der Waals surface area contributed by atoms with E-state index in [9.17, 15) is 14.4 Å². The predicted molar refractivity (Wildman–Crippen MR) is 131 cm³/mol. The second kappa shape index (κ2) is 11.7. The number of halogens is 1. The van der Waals surface area contributed by atoms with E-state index in [1.165, 1.54) is 6.08 Å². The van der Waals surface area contributed by atoms with Crippen LogP contribution in [0.5, 0.6) is 5.75 Å². The number of carbonyl (C=O) groups is 3.